The molecule has 0 aliphatic rings. The maximum absolute atomic E-state index is 10.8. The summed E-state index contributed by atoms with van der Waals surface area (Å²) in [6, 6.07) is 7.85. The molecule has 1 aromatic carbocycles. The quantitative estimate of drug-likeness (QED) is 0.760. The number of anilines is 1. The highest BCUT2D eigenvalue weighted by Crippen LogP contribution is 2.11. The lowest BCUT2D eigenvalue weighted by atomic mass is 10.1. The van der Waals surface area contributed by atoms with Gasteiger partial charge < -0.3 is 11.1 Å². The highest BCUT2D eigenvalue weighted by Gasteiger charge is 1.97. The number of hydrogen-bond donors (Lipinski definition) is 2. The molecule has 1 rings (SSSR count). The molecule has 0 radical (unpaired) electrons. The third-order valence-corrected chi connectivity index (χ3v) is 1.92. The van der Waals surface area contributed by atoms with Gasteiger partial charge in [0.2, 0.25) is 5.91 Å². The molecular weight excluding hydrogens is 176 g/mol. The topological polar surface area (TPSA) is 55.1 Å². The van der Waals surface area contributed by atoms with Gasteiger partial charge in [0, 0.05) is 12.6 Å². The lowest BCUT2D eigenvalue weighted by molar-refractivity contribution is -0.114. The number of carbonyl (C=O) groups excluding carboxylic acids is 1. The van der Waals surface area contributed by atoms with Gasteiger partial charge in [-0.15, -0.1) is 0 Å². The van der Waals surface area contributed by atoms with Crippen LogP contribution >= 0.6 is 0 Å². The molecule has 0 heterocycles. The van der Waals surface area contributed by atoms with E-state index < -0.39 is 0 Å². The van der Waals surface area contributed by atoms with E-state index >= 15 is 0 Å². The van der Waals surface area contributed by atoms with E-state index in [1.807, 2.05) is 24.3 Å². The van der Waals surface area contributed by atoms with Crippen molar-refractivity contribution in [2.45, 2.75) is 19.8 Å². The van der Waals surface area contributed by atoms with E-state index in [4.69, 9.17) is 5.73 Å². The van der Waals surface area contributed by atoms with E-state index in [-0.39, 0.29) is 5.91 Å². The van der Waals surface area contributed by atoms with Gasteiger partial charge in [0.15, 0.2) is 0 Å². The van der Waals surface area contributed by atoms with Gasteiger partial charge >= 0.3 is 0 Å². The summed E-state index contributed by atoms with van der Waals surface area (Å²) in [5.74, 6) is -0.0408. The molecule has 3 N–H and O–H groups in total. The van der Waals surface area contributed by atoms with Crippen LogP contribution in [0.25, 0.3) is 0 Å². The van der Waals surface area contributed by atoms with Crippen LogP contribution < -0.4 is 11.1 Å². The molecule has 0 saturated carbocycles. The third-order valence-electron chi connectivity index (χ3n) is 1.92. The largest absolute Gasteiger partial charge is 0.330 e. The fourth-order valence-electron chi connectivity index (χ4n) is 1.31. The Bertz CT molecular complexity index is 310. The van der Waals surface area contributed by atoms with Crippen LogP contribution in [0.15, 0.2) is 24.3 Å². The summed E-state index contributed by atoms with van der Waals surface area (Å²) < 4.78 is 0. The minimum Gasteiger partial charge on any atom is -0.330 e. The molecule has 0 saturated heterocycles. The van der Waals surface area contributed by atoms with Gasteiger partial charge in [-0.3, -0.25) is 4.79 Å². The van der Waals surface area contributed by atoms with Crippen LogP contribution in [0.2, 0.25) is 0 Å². The van der Waals surface area contributed by atoms with E-state index in [0.717, 1.165) is 18.5 Å². The molecule has 0 aromatic heterocycles. The van der Waals surface area contributed by atoms with Gasteiger partial charge in [-0.1, -0.05) is 12.1 Å². The molecule has 0 bridgehead atoms. The zero-order chi connectivity index (χ0) is 10.4. The van der Waals surface area contributed by atoms with Gasteiger partial charge in [-0.25, -0.2) is 0 Å². The number of nitrogens with one attached hydrogen (secondary N) is 1. The maximum atomic E-state index is 10.8. The molecule has 0 aliphatic carbocycles. The predicted molar refractivity (Wildman–Crippen MR) is 58.1 cm³/mol. The first-order valence-electron chi connectivity index (χ1n) is 4.79. The summed E-state index contributed by atoms with van der Waals surface area (Å²) >= 11 is 0. The summed E-state index contributed by atoms with van der Waals surface area (Å²) in [6.07, 6.45) is 1.94. The molecule has 3 nitrogen and oxygen atoms in total. The Balaban J connectivity index is 2.63. The first-order valence-corrected chi connectivity index (χ1v) is 4.79. The Kier molecular flexibility index (Phi) is 4.13. The summed E-state index contributed by atoms with van der Waals surface area (Å²) in [4.78, 5) is 10.8. The number of carbonyl (C=O) groups is 1. The SMILES string of the molecule is CC(=O)Nc1cccc(CCCN)c1. The van der Waals surface area contributed by atoms with Crippen molar-refractivity contribution < 1.29 is 4.79 Å². The van der Waals surface area contributed by atoms with Crippen molar-refractivity contribution in [1.29, 1.82) is 0 Å². The number of nitrogens with two attached hydrogens (primary N) is 1. The highest BCUT2D eigenvalue weighted by atomic mass is 16.1. The Hall–Kier alpha value is -1.35. The van der Waals surface area contributed by atoms with Crippen LogP contribution in [-0.4, -0.2) is 12.5 Å². The maximum Gasteiger partial charge on any atom is 0.221 e. The van der Waals surface area contributed by atoms with E-state index in [2.05, 4.69) is 5.32 Å². The molecule has 0 spiro atoms. The van der Waals surface area contributed by atoms with Crippen LogP contribution in [-0.2, 0) is 11.2 Å². The zero-order valence-corrected chi connectivity index (χ0v) is 8.42. The number of amides is 1. The second-order valence-corrected chi connectivity index (χ2v) is 3.27. The van der Waals surface area contributed by atoms with Crippen LogP contribution in [0.3, 0.4) is 0 Å². The van der Waals surface area contributed by atoms with Crippen molar-refractivity contribution >= 4 is 11.6 Å². The Morgan fingerprint density at radius 2 is 2.29 bits per heavy atom. The zero-order valence-electron chi connectivity index (χ0n) is 8.42. The first kappa shape index (κ1) is 10.7. The van der Waals surface area contributed by atoms with Crippen molar-refractivity contribution in [2.75, 3.05) is 11.9 Å². The fourth-order valence-corrected chi connectivity index (χ4v) is 1.31. The normalized spacial score (nSPS) is 9.86. The van der Waals surface area contributed by atoms with Crippen molar-refractivity contribution in [3.05, 3.63) is 29.8 Å². The minimum atomic E-state index is -0.0408. The van der Waals surface area contributed by atoms with E-state index in [0.29, 0.717) is 6.54 Å². The summed E-state index contributed by atoms with van der Waals surface area (Å²) in [7, 11) is 0. The summed E-state index contributed by atoms with van der Waals surface area (Å²) in [6.45, 7) is 2.21. The molecule has 0 aliphatic heterocycles. The van der Waals surface area contributed by atoms with Gasteiger partial charge in [-0.2, -0.15) is 0 Å². The van der Waals surface area contributed by atoms with Gasteiger partial charge in [-0.05, 0) is 37.1 Å². The second kappa shape index (κ2) is 5.40. The van der Waals surface area contributed by atoms with Crippen molar-refractivity contribution in [2.24, 2.45) is 5.73 Å². The molecule has 0 fully saturated rings. The molecule has 76 valence electrons. The van der Waals surface area contributed by atoms with Crippen LogP contribution in [0.4, 0.5) is 5.69 Å². The monoisotopic (exact) mass is 192 g/mol. The molecular formula is C11H16N2O. The predicted octanol–water partition coefficient (Wildman–Crippen LogP) is 1.54. The van der Waals surface area contributed by atoms with Crippen LogP contribution in [0, 0.1) is 0 Å². The van der Waals surface area contributed by atoms with Crippen LogP contribution in [0.5, 0.6) is 0 Å². The van der Waals surface area contributed by atoms with Crippen molar-refractivity contribution in [3.63, 3.8) is 0 Å². The highest BCUT2D eigenvalue weighted by molar-refractivity contribution is 5.88. The smallest absolute Gasteiger partial charge is 0.221 e. The number of aryl methyl sites for hydroxylation is 1. The lowest BCUT2D eigenvalue weighted by Crippen LogP contribution is -2.06. The van der Waals surface area contributed by atoms with Gasteiger partial charge in [0.1, 0.15) is 0 Å². The molecule has 14 heavy (non-hydrogen) atoms. The standard InChI is InChI=1S/C11H16N2O/c1-9(14)13-11-6-2-4-10(8-11)5-3-7-12/h2,4,6,8H,3,5,7,12H2,1H3,(H,13,14). The summed E-state index contributed by atoms with van der Waals surface area (Å²) in [5.41, 5.74) is 7.49. The molecule has 0 atom stereocenters. The first-order chi connectivity index (χ1) is 6.72. The second-order valence-electron chi connectivity index (χ2n) is 3.27. The molecule has 1 amide bonds. The van der Waals surface area contributed by atoms with E-state index in [1.54, 1.807) is 0 Å². The van der Waals surface area contributed by atoms with Crippen molar-refractivity contribution in [3.8, 4) is 0 Å². The lowest BCUT2D eigenvalue weighted by Gasteiger charge is -2.04. The summed E-state index contributed by atoms with van der Waals surface area (Å²) in [5, 5.41) is 2.75. The van der Waals surface area contributed by atoms with E-state index in [1.165, 1.54) is 12.5 Å². The third kappa shape index (κ3) is 3.58. The van der Waals surface area contributed by atoms with Crippen molar-refractivity contribution in [1.82, 2.24) is 0 Å². The van der Waals surface area contributed by atoms with Gasteiger partial charge in [0.05, 0.1) is 0 Å². The Morgan fingerprint density at radius 1 is 1.50 bits per heavy atom. The molecule has 3 heteroatoms. The molecule has 1 aromatic rings. The fraction of sp³-hybridized carbons (Fsp3) is 0.364. The number of rotatable bonds is 4. The average molecular weight is 192 g/mol. The number of hydrogen-bond acceptors (Lipinski definition) is 2. The minimum absolute atomic E-state index is 0.0408. The van der Waals surface area contributed by atoms with E-state index in [9.17, 15) is 4.79 Å². The van der Waals surface area contributed by atoms with Crippen LogP contribution in [0.1, 0.15) is 18.9 Å². The Morgan fingerprint density at radius 3 is 2.93 bits per heavy atom. The Labute approximate surface area is 84.3 Å². The number of benzene rings is 1. The van der Waals surface area contributed by atoms with Gasteiger partial charge in [0.25, 0.3) is 0 Å². The average Bonchev–Trinajstić information content (AvgIpc) is 2.14. The molecule has 0 unspecified atom stereocenters.